The van der Waals surface area contributed by atoms with Gasteiger partial charge in [-0.05, 0) is 69.0 Å². The number of hydrogen-bond acceptors (Lipinski definition) is 1. The highest BCUT2D eigenvalue weighted by Gasteiger charge is 2.24. The van der Waals surface area contributed by atoms with Crippen molar-refractivity contribution in [2.75, 3.05) is 0 Å². The fourth-order valence-corrected chi connectivity index (χ4v) is 6.57. The quantitative estimate of drug-likeness (QED) is 0.175. The Hall–Kier alpha value is -4.43. The monoisotopic (exact) mass is 488 g/mol. The molecule has 0 aliphatic heterocycles. The highest BCUT2D eigenvalue weighted by molar-refractivity contribution is 6.29. The van der Waals surface area contributed by atoms with Gasteiger partial charge in [-0.25, -0.2) is 0 Å². The lowest BCUT2D eigenvalue weighted by atomic mass is 9.84. The van der Waals surface area contributed by atoms with Crippen LogP contribution in [0.25, 0.3) is 70.9 Å². The lowest BCUT2D eigenvalue weighted by Crippen LogP contribution is -2.11. The van der Waals surface area contributed by atoms with E-state index < -0.39 is 0 Å². The van der Waals surface area contributed by atoms with Crippen LogP contribution < -0.4 is 0 Å². The number of pyridine rings is 2. The van der Waals surface area contributed by atoms with Crippen molar-refractivity contribution in [3.05, 3.63) is 109 Å². The molecule has 0 bridgehead atoms. The number of aromatic nitrogens is 2. The zero-order chi connectivity index (χ0) is 25.6. The van der Waals surface area contributed by atoms with E-state index in [0.717, 1.165) is 11.9 Å². The van der Waals surface area contributed by atoms with Gasteiger partial charge in [0.25, 0.3) is 0 Å². The molecule has 0 amide bonds. The van der Waals surface area contributed by atoms with Gasteiger partial charge >= 0.3 is 0 Å². The third-order valence-electron chi connectivity index (χ3n) is 8.08. The Morgan fingerprint density at radius 1 is 0.632 bits per heavy atom. The van der Waals surface area contributed by atoms with Crippen molar-refractivity contribution in [2.24, 2.45) is 5.41 Å². The van der Waals surface area contributed by atoms with Crippen LogP contribution in [0.2, 0.25) is 0 Å². The van der Waals surface area contributed by atoms with E-state index in [0.29, 0.717) is 0 Å². The standard InChI is InChI=1S/C36H28N2/c1-36(2,3)21-30-26-12-8-7-11-25(26)20-29-33-32-23(17-18-37-33)13-15-27-28-19-24(22-9-5-4-6-10-22)14-16-31(28)38(34(29)30)35(27)32/h4-20H,21H2,1-3H3. The molecule has 0 aliphatic carbocycles. The van der Waals surface area contributed by atoms with Gasteiger partial charge in [0.2, 0.25) is 0 Å². The number of benzene rings is 5. The van der Waals surface area contributed by atoms with Gasteiger partial charge in [-0.3, -0.25) is 4.98 Å². The van der Waals surface area contributed by atoms with E-state index in [4.69, 9.17) is 4.98 Å². The van der Waals surface area contributed by atoms with Crippen molar-refractivity contribution in [1.29, 1.82) is 0 Å². The van der Waals surface area contributed by atoms with Crippen LogP contribution >= 0.6 is 0 Å². The minimum absolute atomic E-state index is 0.136. The van der Waals surface area contributed by atoms with E-state index in [1.54, 1.807) is 0 Å². The van der Waals surface area contributed by atoms with E-state index in [1.165, 1.54) is 70.9 Å². The van der Waals surface area contributed by atoms with Gasteiger partial charge in [0.05, 0.1) is 22.1 Å². The van der Waals surface area contributed by atoms with Crippen LogP contribution in [0.15, 0.2) is 103 Å². The number of rotatable bonds is 2. The first-order valence-electron chi connectivity index (χ1n) is 13.4. The van der Waals surface area contributed by atoms with E-state index in [9.17, 15) is 0 Å². The van der Waals surface area contributed by atoms with Crippen molar-refractivity contribution in [3.8, 4) is 11.1 Å². The smallest absolute Gasteiger partial charge is 0.0823 e. The van der Waals surface area contributed by atoms with Crippen LogP contribution in [0.3, 0.4) is 0 Å². The van der Waals surface area contributed by atoms with E-state index in [-0.39, 0.29) is 5.41 Å². The van der Waals surface area contributed by atoms with Crippen molar-refractivity contribution in [1.82, 2.24) is 9.38 Å². The van der Waals surface area contributed by atoms with Gasteiger partial charge in [0.1, 0.15) is 0 Å². The van der Waals surface area contributed by atoms with Crippen LogP contribution in [-0.4, -0.2) is 9.38 Å². The molecule has 5 aromatic carbocycles. The third kappa shape index (κ3) is 2.98. The molecule has 0 atom stereocenters. The number of nitrogens with zero attached hydrogens (tertiary/aromatic N) is 2. The number of hydrogen-bond donors (Lipinski definition) is 0. The summed E-state index contributed by atoms with van der Waals surface area (Å²) in [6, 6.07) is 35.6. The average Bonchev–Trinajstić information content (AvgIpc) is 3.26. The van der Waals surface area contributed by atoms with E-state index in [2.05, 4.69) is 122 Å². The Kier molecular flexibility index (Phi) is 4.30. The highest BCUT2D eigenvalue weighted by atomic mass is 14.9. The summed E-state index contributed by atoms with van der Waals surface area (Å²) in [7, 11) is 0. The molecular weight excluding hydrogens is 460 g/mol. The molecular formula is C36H28N2. The molecule has 3 heterocycles. The number of fused-ring (bicyclic) bond motifs is 7. The molecule has 0 radical (unpaired) electrons. The van der Waals surface area contributed by atoms with Gasteiger partial charge in [-0.1, -0.05) is 93.6 Å². The predicted octanol–water partition coefficient (Wildman–Crippen LogP) is 9.79. The van der Waals surface area contributed by atoms with Crippen LogP contribution in [0, 0.1) is 5.41 Å². The van der Waals surface area contributed by atoms with E-state index >= 15 is 0 Å². The Bertz CT molecular complexity index is 2180. The minimum atomic E-state index is 0.136. The first kappa shape index (κ1) is 21.6. The Labute approximate surface area is 221 Å². The molecule has 0 spiro atoms. The maximum atomic E-state index is 5.03. The van der Waals surface area contributed by atoms with Gasteiger partial charge in [0, 0.05) is 27.7 Å². The molecule has 2 nitrogen and oxygen atoms in total. The van der Waals surface area contributed by atoms with Crippen molar-refractivity contribution in [2.45, 2.75) is 27.2 Å². The van der Waals surface area contributed by atoms with Crippen LogP contribution in [0.1, 0.15) is 26.3 Å². The molecule has 8 aromatic rings. The summed E-state index contributed by atoms with van der Waals surface area (Å²) in [6.07, 6.45) is 2.95. The summed E-state index contributed by atoms with van der Waals surface area (Å²) in [4.78, 5) is 5.03. The summed E-state index contributed by atoms with van der Waals surface area (Å²) in [5.41, 5.74) is 8.97. The van der Waals surface area contributed by atoms with E-state index in [1.807, 2.05) is 6.20 Å². The molecule has 0 saturated carbocycles. The second-order valence-electron chi connectivity index (χ2n) is 11.9. The second kappa shape index (κ2) is 7.55. The fourth-order valence-electron chi connectivity index (χ4n) is 6.57. The van der Waals surface area contributed by atoms with Crippen LogP contribution in [0.5, 0.6) is 0 Å². The predicted molar refractivity (Wildman–Crippen MR) is 163 cm³/mol. The summed E-state index contributed by atoms with van der Waals surface area (Å²) >= 11 is 0. The normalized spacial score (nSPS) is 12.7. The summed E-state index contributed by atoms with van der Waals surface area (Å²) in [5.74, 6) is 0. The minimum Gasteiger partial charge on any atom is -0.308 e. The maximum Gasteiger partial charge on any atom is 0.0823 e. The molecule has 2 heteroatoms. The van der Waals surface area contributed by atoms with Gasteiger partial charge in [0.15, 0.2) is 0 Å². The van der Waals surface area contributed by atoms with Crippen LogP contribution in [-0.2, 0) is 6.42 Å². The molecule has 38 heavy (non-hydrogen) atoms. The first-order valence-corrected chi connectivity index (χ1v) is 13.4. The zero-order valence-electron chi connectivity index (χ0n) is 21.9. The Balaban J connectivity index is 1.66. The highest BCUT2D eigenvalue weighted by Crippen LogP contribution is 2.44. The molecule has 0 fully saturated rings. The molecule has 0 N–H and O–H groups in total. The fraction of sp³-hybridized carbons (Fsp3) is 0.139. The van der Waals surface area contributed by atoms with Gasteiger partial charge in [-0.2, -0.15) is 0 Å². The topological polar surface area (TPSA) is 17.3 Å². The van der Waals surface area contributed by atoms with Crippen molar-refractivity contribution in [3.63, 3.8) is 0 Å². The molecule has 8 rings (SSSR count). The SMILES string of the molecule is CC(C)(C)Cc1c2ccccc2cc2c3nccc4ccc5c6cc(-c7ccccc7)ccc6n(c12)c5c43. The Morgan fingerprint density at radius 2 is 1.45 bits per heavy atom. The zero-order valence-corrected chi connectivity index (χ0v) is 21.9. The van der Waals surface area contributed by atoms with Crippen LogP contribution in [0.4, 0.5) is 0 Å². The first-order chi connectivity index (χ1) is 18.5. The largest absolute Gasteiger partial charge is 0.308 e. The maximum absolute atomic E-state index is 5.03. The molecule has 0 saturated heterocycles. The summed E-state index contributed by atoms with van der Waals surface area (Å²) in [5, 5.41) is 8.93. The lowest BCUT2D eigenvalue weighted by molar-refractivity contribution is 0.413. The average molecular weight is 489 g/mol. The third-order valence-corrected chi connectivity index (χ3v) is 8.08. The summed E-state index contributed by atoms with van der Waals surface area (Å²) in [6.45, 7) is 7.02. The second-order valence-corrected chi connectivity index (χ2v) is 11.9. The molecule has 3 aromatic heterocycles. The Morgan fingerprint density at radius 3 is 2.29 bits per heavy atom. The molecule has 0 unspecified atom stereocenters. The van der Waals surface area contributed by atoms with Gasteiger partial charge in [-0.15, -0.1) is 0 Å². The van der Waals surface area contributed by atoms with Crippen molar-refractivity contribution >= 4 is 59.8 Å². The lowest BCUT2D eigenvalue weighted by Gasteiger charge is -2.23. The molecule has 182 valence electrons. The van der Waals surface area contributed by atoms with Crippen molar-refractivity contribution < 1.29 is 0 Å². The molecule has 0 aliphatic rings. The van der Waals surface area contributed by atoms with Gasteiger partial charge < -0.3 is 4.40 Å². The summed E-state index contributed by atoms with van der Waals surface area (Å²) < 4.78 is 2.55.